The van der Waals surface area contributed by atoms with Gasteiger partial charge in [0.1, 0.15) is 5.69 Å². The number of benzene rings is 1. The highest BCUT2D eigenvalue weighted by Gasteiger charge is 2.10. The molecule has 3 rings (SSSR count). The Kier molecular flexibility index (Phi) is 3.27. The fraction of sp³-hybridized carbons (Fsp3) is 0.0714. The van der Waals surface area contributed by atoms with E-state index < -0.39 is 0 Å². The molecule has 5 heteroatoms. The number of nitrogen functional groups attached to an aromatic ring is 1. The molecule has 0 unspecified atom stereocenters. The minimum atomic E-state index is 0.620. The van der Waals surface area contributed by atoms with E-state index in [2.05, 4.69) is 5.10 Å². The second-order valence-corrected chi connectivity index (χ2v) is 5.55. The summed E-state index contributed by atoms with van der Waals surface area (Å²) >= 11 is 7.78. The Balaban J connectivity index is 1.91. The summed E-state index contributed by atoms with van der Waals surface area (Å²) < 4.78 is 1.82. The lowest BCUT2D eigenvalue weighted by Gasteiger charge is -2.03. The first kappa shape index (κ1) is 12.3. The van der Waals surface area contributed by atoms with E-state index in [-0.39, 0.29) is 0 Å². The van der Waals surface area contributed by atoms with Crippen LogP contribution < -0.4 is 5.73 Å². The molecule has 0 aliphatic rings. The van der Waals surface area contributed by atoms with Crippen molar-refractivity contribution in [3.8, 4) is 10.6 Å². The van der Waals surface area contributed by atoms with Gasteiger partial charge in [0, 0.05) is 11.2 Å². The van der Waals surface area contributed by atoms with Crippen molar-refractivity contribution in [1.82, 2.24) is 9.78 Å². The lowest BCUT2D eigenvalue weighted by molar-refractivity contribution is 0.690. The van der Waals surface area contributed by atoms with Crippen molar-refractivity contribution in [1.29, 1.82) is 0 Å². The zero-order chi connectivity index (χ0) is 13.2. The first-order valence-corrected chi connectivity index (χ1v) is 7.10. The number of rotatable bonds is 3. The number of anilines is 1. The predicted molar refractivity (Wildman–Crippen MR) is 80.5 cm³/mol. The van der Waals surface area contributed by atoms with Gasteiger partial charge < -0.3 is 5.73 Å². The van der Waals surface area contributed by atoms with Crippen molar-refractivity contribution < 1.29 is 0 Å². The van der Waals surface area contributed by atoms with Gasteiger partial charge in [-0.1, -0.05) is 35.9 Å². The molecule has 0 aliphatic heterocycles. The van der Waals surface area contributed by atoms with Crippen molar-refractivity contribution in [3.63, 3.8) is 0 Å². The van der Waals surface area contributed by atoms with Crippen LogP contribution in [0, 0.1) is 0 Å². The Morgan fingerprint density at radius 2 is 2.05 bits per heavy atom. The Labute approximate surface area is 120 Å². The molecular formula is C14H12ClN3S. The van der Waals surface area contributed by atoms with Crippen LogP contribution >= 0.6 is 22.9 Å². The zero-order valence-corrected chi connectivity index (χ0v) is 11.7. The maximum absolute atomic E-state index is 6.15. The number of nitrogens with two attached hydrogens (primary N) is 1. The number of aromatic nitrogens is 2. The highest BCUT2D eigenvalue weighted by Crippen LogP contribution is 2.28. The summed E-state index contributed by atoms with van der Waals surface area (Å²) in [6.45, 7) is 0.620. The van der Waals surface area contributed by atoms with Crippen LogP contribution in [-0.4, -0.2) is 9.78 Å². The van der Waals surface area contributed by atoms with Gasteiger partial charge in [-0.3, -0.25) is 4.68 Å². The van der Waals surface area contributed by atoms with Gasteiger partial charge in [-0.15, -0.1) is 11.3 Å². The zero-order valence-electron chi connectivity index (χ0n) is 10.1. The first-order valence-electron chi connectivity index (χ1n) is 5.84. The molecule has 0 amide bonds. The minimum Gasteiger partial charge on any atom is -0.396 e. The van der Waals surface area contributed by atoms with E-state index in [0.29, 0.717) is 12.2 Å². The van der Waals surface area contributed by atoms with Gasteiger partial charge in [0.15, 0.2) is 0 Å². The molecule has 0 radical (unpaired) electrons. The summed E-state index contributed by atoms with van der Waals surface area (Å²) in [5.74, 6) is 0. The van der Waals surface area contributed by atoms with Gasteiger partial charge in [0.25, 0.3) is 0 Å². The van der Waals surface area contributed by atoms with Crippen molar-refractivity contribution in [2.75, 3.05) is 5.73 Å². The third-order valence-corrected chi connectivity index (χ3v) is 4.08. The van der Waals surface area contributed by atoms with E-state index in [4.69, 9.17) is 17.3 Å². The van der Waals surface area contributed by atoms with Crippen molar-refractivity contribution in [3.05, 3.63) is 58.6 Å². The molecule has 0 saturated carbocycles. The van der Waals surface area contributed by atoms with Crippen LogP contribution in [0.1, 0.15) is 5.56 Å². The van der Waals surface area contributed by atoms with Crippen LogP contribution in [0.4, 0.5) is 5.69 Å². The summed E-state index contributed by atoms with van der Waals surface area (Å²) in [7, 11) is 0. The molecule has 2 heterocycles. The molecule has 1 aromatic carbocycles. The smallest absolute Gasteiger partial charge is 0.125 e. The number of thiophene rings is 1. The summed E-state index contributed by atoms with van der Waals surface area (Å²) in [5, 5.41) is 7.29. The molecular weight excluding hydrogens is 278 g/mol. The first-order chi connectivity index (χ1) is 9.24. The molecule has 2 N–H and O–H groups in total. The molecule has 3 nitrogen and oxygen atoms in total. The van der Waals surface area contributed by atoms with Crippen LogP contribution in [0.5, 0.6) is 0 Å². The Morgan fingerprint density at radius 3 is 2.79 bits per heavy atom. The quantitative estimate of drug-likeness (QED) is 0.795. The van der Waals surface area contributed by atoms with Gasteiger partial charge in [-0.2, -0.15) is 5.10 Å². The summed E-state index contributed by atoms with van der Waals surface area (Å²) in [6.07, 6.45) is 1.85. The van der Waals surface area contributed by atoms with E-state index >= 15 is 0 Å². The molecule has 0 spiro atoms. The molecule has 96 valence electrons. The van der Waals surface area contributed by atoms with Gasteiger partial charge in [0.2, 0.25) is 0 Å². The second kappa shape index (κ2) is 5.07. The molecule has 0 fully saturated rings. The Morgan fingerprint density at radius 1 is 1.21 bits per heavy atom. The minimum absolute atomic E-state index is 0.620. The van der Waals surface area contributed by atoms with Crippen LogP contribution in [0.2, 0.25) is 5.02 Å². The SMILES string of the molecule is Nc1cn(Cc2ccccc2Cl)nc1-c1cccs1. The molecule has 3 aromatic rings. The number of nitrogens with zero attached hydrogens (tertiary/aromatic N) is 2. The summed E-state index contributed by atoms with van der Waals surface area (Å²) in [6, 6.07) is 11.8. The molecule has 0 bridgehead atoms. The number of hydrogen-bond acceptors (Lipinski definition) is 3. The summed E-state index contributed by atoms with van der Waals surface area (Å²) in [5.41, 5.74) is 8.57. The van der Waals surface area contributed by atoms with E-state index in [1.165, 1.54) is 0 Å². The lowest BCUT2D eigenvalue weighted by atomic mass is 10.2. The van der Waals surface area contributed by atoms with Crippen LogP contribution in [0.3, 0.4) is 0 Å². The number of halogens is 1. The van der Waals surface area contributed by atoms with Crippen molar-refractivity contribution in [2.45, 2.75) is 6.54 Å². The molecule has 19 heavy (non-hydrogen) atoms. The fourth-order valence-corrected chi connectivity index (χ4v) is 2.85. The van der Waals surface area contributed by atoms with Gasteiger partial charge in [-0.25, -0.2) is 0 Å². The molecule has 0 atom stereocenters. The van der Waals surface area contributed by atoms with Crippen LogP contribution in [-0.2, 0) is 6.54 Å². The lowest BCUT2D eigenvalue weighted by Crippen LogP contribution is -2.00. The van der Waals surface area contributed by atoms with E-state index in [9.17, 15) is 0 Å². The second-order valence-electron chi connectivity index (χ2n) is 4.20. The number of hydrogen-bond donors (Lipinski definition) is 1. The third kappa shape index (κ3) is 2.50. The van der Waals surface area contributed by atoms with Crippen molar-refractivity contribution in [2.24, 2.45) is 0 Å². The van der Waals surface area contributed by atoms with Crippen LogP contribution in [0.25, 0.3) is 10.6 Å². The molecule has 0 saturated heterocycles. The molecule has 0 aliphatic carbocycles. The van der Waals surface area contributed by atoms with Crippen LogP contribution in [0.15, 0.2) is 48.0 Å². The third-order valence-electron chi connectivity index (χ3n) is 2.83. The fourth-order valence-electron chi connectivity index (χ4n) is 1.92. The monoisotopic (exact) mass is 289 g/mol. The summed E-state index contributed by atoms with van der Waals surface area (Å²) in [4.78, 5) is 1.08. The topological polar surface area (TPSA) is 43.8 Å². The van der Waals surface area contributed by atoms with Crippen molar-refractivity contribution >= 4 is 28.6 Å². The predicted octanol–water partition coefficient (Wildman–Crippen LogP) is 3.90. The van der Waals surface area contributed by atoms with E-state index in [0.717, 1.165) is 21.2 Å². The maximum Gasteiger partial charge on any atom is 0.125 e. The Hall–Kier alpha value is -1.78. The Bertz CT molecular complexity index is 689. The standard InChI is InChI=1S/C14H12ClN3S/c15-11-5-2-1-4-10(11)8-18-9-12(16)14(17-18)13-6-3-7-19-13/h1-7,9H,8,16H2. The van der Waals surface area contributed by atoms with Gasteiger partial charge in [-0.05, 0) is 23.1 Å². The average Bonchev–Trinajstić information content (AvgIpc) is 3.01. The highest BCUT2D eigenvalue weighted by molar-refractivity contribution is 7.13. The maximum atomic E-state index is 6.15. The van der Waals surface area contributed by atoms with Gasteiger partial charge >= 0.3 is 0 Å². The van der Waals surface area contributed by atoms with E-state index in [1.807, 2.05) is 52.7 Å². The largest absolute Gasteiger partial charge is 0.396 e. The van der Waals surface area contributed by atoms with Gasteiger partial charge in [0.05, 0.1) is 17.1 Å². The average molecular weight is 290 g/mol. The molecule has 2 aromatic heterocycles. The highest BCUT2D eigenvalue weighted by atomic mass is 35.5. The normalized spacial score (nSPS) is 10.8. The van der Waals surface area contributed by atoms with E-state index in [1.54, 1.807) is 11.3 Å².